The minimum absolute atomic E-state index is 0.116. The second kappa shape index (κ2) is 26.9. The number of nitrogens with zero attached hydrogens (tertiary/aromatic N) is 6. The van der Waals surface area contributed by atoms with Crippen LogP contribution in [-0.2, 0) is 14.4 Å². The number of hydrogen-bond donors (Lipinski definition) is 0. The molecule has 59 heavy (non-hydrogen) atoms. The van der Waals surface area contributed by atoms with Gasteiger partial charge < -0.3 is 19.6 Å². The van der Waals surface area contributed by atoms with Crippen LogP contribution in [0.2, 0.25) is 0 Å². The average Bonchev–Trinajstić information content (AvgIpc) is 3.68. The van der Waals surface area contributed by atoms with Gasteiger partial charge in [0, 0.05) is 101 Å². The zero-order valence-corrected chi connectivity index (χ0v) is 40.0. The lowest BCUT2D eigenvalue weighted by Crippen LogP contribution is -2.58. The fourth-order valence-corrected chi connectivity index (χ4v) is 7.81. The number of thiazole rings is 1. The molecule has 0 radical (unpaired) electrons. The number of hydrogen-bond acceptors (Lipinski definition) is 8. The molecule has 0 aliphatic carbocycles. The van der Waals surface area contributed by atoms with Crippen molar-refractivity contribution in [1.29, 1.82) is 0 Å². The van der Waals surface area contributed by atoms with Crippen molar-refractivity contribution in [1.82, 2.24) is 29.5 Å². The van der Waals surface area contributed by atoms with Crippen molar-refractivity contribution in [3.8, 4) is 11.3 Å². The Morgan fingerprint density at radius 3 is 1.69 bits per heavy atom. The van der Waals surface area contributed by atoms with E-state index in [4.69, 9.17) is 0 Å². The predicted octanol–water partition coefficient (Wildman–Crippen LogP) is 9.26. The Kier molecular flexibility index (Phi) is 23.7. The number of piperidine rings is 1. The largest absolute Gasteiger partial charge is 0.343 e. The van der Waals surface area contributed by atoms with Gasteiger partial charge in [0.1, 0.15) is 0 Å². The minimum atomic E-state index is 0.116. The van der Waals surface area contributed by atoms with E-state index in [9.17, 15) is 19.2 Å². The first-order valence-corrected chi connectivity index (χ1v) is 23.4. The summed E-state index contributed by atoms with van der Waals surface area (Å²) in [5.41, 5.74) is 2.07. The maximum absolute atomic E-state index is 11.9. The van der Waals surface area contributed by atoms with Crippen molar-refractivity contribution < 1.29 is 19.2 Å². The van der Waals surface area contributed by atoms with Gasteiger partial charge in [-0.15, -0.1) is 11.3 Å². The fourth-order valence-electron chi connectivity index (χ4n) is 7.03. The molecule has 0 N–H and O–H groups in total. The van der Waals surface area contributed by atoms with E-state index in [0.29, 0.717) is 59.7 Å². The summed E-state index contributed by atoms with van der Waals surface area (Å²) in [6.07, 6.45) is 8.66. The van der Waals surface area contributed by atoms with E-state index in [-0.39, 0.29) is 11.3 Å². The van der Waals surface area contributed by atoms with Gasteiger partial charge in [-0.3, -0.25) is 24.1 Å². The second-order valence-electron chi connectivity index (χ2n) is 19.1. The molecule has 334 valence electrons. The summed E-state index contributed by atoms with van der Waals surface area (Å²) in [7, 11) is 4.23. The molecular weight excluding hydrogens is 757 g/mol. The highest BCUT2D eigenvalue weighted by molar-refractivity contribution is 7.12. The Morgan fingerprint density at radius 2 is 1.17 bits per heavy atom. The van der Waals surface area contributed by atoms with Crippen molar-refractivity contribution in [2.24, 2.45) is 23.7 Å². The van der Waals surface area contributed by atoms with Crippen molar-refractivity contribution in [3.05, 3.63) is 40.7 Å². The van der Waals surface area contributed by atoms with E-state index < -0.39 is 0 Å². The number of piperazine rings is 2. The number of likely N-dealkylation sites (tertiary alicyclic amines) is 1. The summed E-state index contributed by atoms with van der Waals surface area (Å²) in [6.45, 7) is 29.9. The van der Waals surface area contributed by atoms with Gasteiger partial charge in [-0.1, -0.05) is 92.1 Å². The van der Waals surface area contributed by atoms with Gasteiger partial charge in [-0.05, 0) is 77.3 Å². The molecule has 3 saturated heterocycles. The number of carbonyl (C=O) groups is 4. The number of rotatable bonds is 12. The highest BCUT2D eigenvalue weighted by Gasteiger charge is 2.33. The van der Waals surface area contributed by atoms with E-state index in [1.54, 1.807) is 0 Å². The second-order valence-corrected chi connectivity index (χ2v) is 19.9. The Hall–Kier alpha value is -3.15. The third-order valence-electron chi connectivity index (χ3n) is 11.0. The molecule has 10 nitrogen and oxygen atoms in total. The van der Waals surface area contributed by atoms with E-state index in [1.807, 2.05) is 64.3 Å². The number of likely N-dealkylation sites (N-methyl/N-ethyl adjacent to an activating group) is 2. The summed E-state index contributed by atoms with van der Waals surface area (Å²) < 4.78 is 0. The van der Waals surface area contributed by atoms with Crippen molar-refractivity contribution in [3.63, 3.8) is 0 Å². The molecule has 3 fully saturated rings. The highest BCUT2D eigenvalue weighted by atomic mass is 32.1. The SMILES string of the molecule is CC(C)CC(=O)N1CCN(C)C(C)(C)C1.CC(C)CC(=O)N1CCN(C)CC1.CC(C)CC(=O)c1nc(-c2ccccc2)cs1.CC(C)CCCC(=O)N1CCCCC1. The predicted molar refractivity (Wildman–Crippen MR) is 247 cm³/mol. The van der Waals surface area contributed by atoms with Gasteiger partial charge in [0.05, 0.1) is 5.69 Å². The molecule has 0 bridgehead atoms. The van der Waals surface area contributed by atoms with Gasteiger partial charge in [0.2, 0.25) is 17.7 Å². The molecule has 1 aromatic carbocycles. The van der Waals surface area contributed by atoms with Crippen LogP contribution in [0, 0.1) is 23.7 Å². The Bertz CT molecular complexity index is 1510. The first-order valence-electron chi connectivity index (χ1n) is 22.6. The zero-order valence-electron chi connectivity index (χ0n) is 39.2. The van der Waals surface area contributed by atoms with Gasteiger partial charge in [0.25, 0.3) is 0 Å². The number of ketones is 1. The number of benzene rings is 1. The van der Waals surface area contributed by atoms with Crippen LogP contribution in [-0.4, -0.2) is 132 Å². The molecule has 0 unspecified atom stereocenters. The third kappa shape index (κ3) is 20.8. The van der Waals surface area contributed by atoms with Crippen molar-refractivity contribution in [2.75, 3.05) is 73.0 Å². The Morgan fingerprint density at radius 1 is 0.644 bits per heavy atom. The summed E-state index contributed by atoms with van der Waals surface area (Å²) in [4.78, 5) is 62.1. The lowest BCUT2D eigenvalue weighted by Gasteiger charge is -2.45. The maximum Gasteiger partial charge on any atom is 0.222 e. The van der Waals surface area contributed by atoms with Crippen LogP contribution in [0.3, 0.4) is 0 Å². The smallest absolute Gasteiger partial charge is 0.222 e. The maximum atomic E-state index is 11.9. The van der Waals surface area contributed by atoms with Crippen molar-refractivity contribution >= 4 is 34.8 Å². The molecule has 11 heteroatoms. The summed E-state index contributed by atoms with van der Waals surface area (Å²) in [5.74, 6) is 3.20. The summed E-state index contributed by atoms with van der Waals surface area (Å²) >= 11 is 1.43. The van der Waals surface area contributed by atoms with Crippen LogP contribution < -0.4 is 0 Å². The molecule has 3 amide bonds. The number of Topliss-reactive ketones (excluding diaryl/α,β-unsaturated/α-hetero) is 1. The zero-order chi connectivity index (χ0) is 44.1. The highest BCUT2D eigenvalue weighted by Crippen LogP contribution is 2.23. The summed E-state index contributed by atoms with van der Waals surface area (Å²) in [5, 5.41) is 2.57. The average molecular weight is 839 g/mol. The van der Waals surface area contributed by atoms with Crippen LogP contribution in [0.5, 0.6) is 0 Å². The Balaban J connectivity index is 0.000000273. The van der Waals surface area contributed by atoms with Crippen LogP contribution in [0.4, 0.5) is 0 Å². The number of carbonyl (C=O) groups excluding carboxylic acids is 4. The normalized spacial score (nSPS) is 17.2. The van der Waals surface area contributed by atoms with Gasteiger partial charge >= 0.3 is 0 Å². The van der Waals surface area contributed by atoms with Crippen LogP contribution in [0.15, 0.2) is 35.7 Å². The molecule has 1 aromatic heterocycles. The fraction of sp³-hybridized carbons (Fsp3) is 0.729. The molecule has 3 aliphatic heterocycles. The summed E-state index contributed by atoms with van der Waals surface area (Å²) in [6, 6.07) is 9.94. The van der Waals surface area contributed by atoms with Crippen molar-refractivity contribution in [2.45, 2.75) is 133 Å². The molecule has 2 aromatic rings. The molecule has 0 saturated carbocycles. The standard InChI is InChI=1S/C14H15NOS.C12H24N2O.C12H23NO.C10H20N2O/c1-10(2)8-13(16)14-15-12(9-17-14)11-6-4-3-5-7-11;1-10(2)8-11(15)14-7-6-13(5)12(3,4)9-14;1-11(2)7-6-8-12(14)13-9-4-3-5-10-13;1-9(2)8-10(13)12-6-4-11(3)5-7-12/h3-7,9-10H,8H2,1-2H3;10H,6-9H2,1-5H3;11H,3-10H2,1-2H3;9H,4-8H2,1-3H3. The molecule has 3 aliphatic rings. The van der Waals surface area contributed by atoms with Crippen LogP contribution >= 0.6 is 11.3 Å². The first-order chi connectivity index (χ1) is 27.8. The van der Waals surface area contributed by atoms with Crippen LogP contribution in [0.1, 0.15) is 137 Å². The first kappa shape index (κ1) is 52.0. The quantitative estimate of drug-likeness (QED) is 0.197. The van der Waals surface area contributed by atoms with Gasteiger partial charge in [0.15, 0.2) is 10.8 Å². The lowest BCUT2D eigenvalue weighted by atomic mass is 9.99. The molecule has 4 heterocycles. The minimum Gasteiger partial charge on any atom is -0.343 e. The van der Waals surface area contributed by atoms with E-state index >= 15 is 0 Å². The molecular formula is C48H82N6O4S. The van der Waals surface area contributed by atoms with E-state index in [1.165, 1.54) is 37.0 Å². The van der Waals surface area contributed by atoms with Gasteiger partial charge in [-0.2, -0.15) is 0 Å². The van der Waals surface area contributed by atoms with E-state index in [0.717, 1.165) is 88.9 Å². The topological polar surface area (TPSA) is 97.4 Å². The molecule has 5 rings (SSSR count). The Labute approximate surface area is 363 Å². The lowest BCUT2D eigenvalue weighted by molar-refractivity contribution is -0.136. The number of amides is 3. The molecule has 0 atom stereocenters. The number of aromatic nitrogens is 1. The molecule has 0 spiro atoms. The third-order valence-corrected chi connectivity index (χ3v) is 11.9. The van der Waals surface area contributed by atoms with E-state index in [2.05, 4.69) is 84.3 Å². The van der Waals surface area contributed by atoms with Gasteiger partial charge in [-0.25, -0.2) is 4.98 Å². The van der Waals surface area contributed by atoms with Crippen LogP contribution in [0.25, 0.3) is 11.3 Å². The monoisotopic (exact) mass is 839 g/mol.